The lowest BCUT2D eigenvalue weighted by Gasteiger charge is -2.37. The molecule has 1 aliphatic rings. The lowest BCUT2D eigenvalue weighted by molar-refractivity contribution is -0.281. The third-order valence-corrected chi connectivity index (χ3v) is 2.84. The molecule has 1 heterocycles. The first-order chi connectivity index (χ1) is 9.48. The lowest BCUT2D eigenvalue weighted by Crippen LogP contribution is -2.51. The first-order valence-corrected chi connectivity index (χ1v) is 5.85. The number of aliphatic hydroxyl groups excluding tert-OH is 3. The summed E-state index contributed by atoms with van der Waals surface area (Å²) in [5.41, 5.74) is 0.379. The van der Waals surface area contributed by atoms with Gasteiger partial charge in [0, 0.05) is 5.56 Å². The minimum atomic E-state index is -1.91. The fourth-order valence-electron chi connectivity index (χ4n) is 1.79. The number of ether oxygens (including phenoxy) is 2. The molecule has 1 aromatic carbocycles. The summed E-state index contributed by atoms with van der Waals surface area (Å²) in [7, 11) is 0. The molecule has 0 radical (unpaired) electrons. The standard InChI is InChI=1S/C13H16O6/c14-6-9(15)11(17)12-10(16)7-18-13(19-12)8-4-2-1-3-5-8/h1-6,9-13,15-17H,7H2/t9-,10+,11+,12+,13?/m0/s1/i13D. The Morgan fingerprint density at radius 3 is 2.68 bits per heavy atom. The van der Waals surface area contributed by atoms with Gasteiger partial charge in [-0.1, -0.05) is 30.3 Å². The van der Waals surface area contributed by atoms with Gasteiger partial charge in [-0.2, -0.15) is 0 Å². The molecule has 6 heteroatoms. The Balaban J connectivity index is 2.21. The van der Waals surface area contributed by atoms with Gasteiger partial charge in [-0.15, -0.1) is 0 Å². The molecule has 2 rings (SSSR count). The second-order valence-electron chi connectivity index (χ2n) is 4.23. The summed E-state index contributed by atoms with van der Waals surface area (Å²) in [6.07, 6.45) is -7.66. The maximum atomic E-state index is 10.5. The van der Waals surface area contributed by atoms with Crippen molar-refractivity contribution >= 4 is 6.29 Å². The first kappa shape index (κ1) is 12.7. The van der Waals surface area contributed by atoms with Crippen molar-refractivity contribution in [3.05, 3.63) is 35.9 Å². The van der Waals surface area contributed by atoms with Crippen molar-refractivity contribution in [3.8, 4) is 0 Å². The van der Waals surface area contributed by atoms with E-state index in [1.807, 2.05) is 0 Å². The molecule has 0 bridgehead atoms. The summed E-state index contributed by atoms with van der Waals surface area (Å²) in [5.74, 6) is 0. The molecule has 19 heavy (non-hydrogen) atoms. The number of benzene rings is 1. The van der Waals surface area contributed by atoms with Gasteiger partial charge in [0.15, 0.2) is 12.6 Å². The molecule has 1 aromatic rings. The molecule has 0 aromatic heterocycles. The third kappa shape index (κ3) is 3.17. The van der Waals surface area contributed by atoms with E-state index in [2.05, 4.69) is 0 Å². The van der Waals surface area contributed by atoms with E-state index in [9.17, 15) is 20.1 Å². The van der Waals surface area contributed by atoms with Crippen molar-refractivity contribution in [2.24, 2.45) is 0 Å². The molecule has 0 spiro atoms. The molecule has 1 fully saturated rings. The van der Waals surface area contributed by atoms with Gasteiger partial charge in [0.25, 0.3) is 0 Å². The maximum absolute atomic E-state index is 10.5. The number of carbonyl (C=O) groups excluding carboxylic acids is 1. The van der Waals surface area contributed by atoms with Gasteiger partial charge in [-0.25, -0.2) is 0 Å². The van der Waals surface area contributed by atoms with E-state index < -0.39 is 30.7 Å². The predicted octanol–water partition coefficient (Wildman–Crippen LogP) is -0.618. The lowest BCUT2D eigenvalue weighted by atomic mass is 10.0. The van der Waals surface area contributed by atoms with Crippen LogP contribution in [0.1, 0.15) is 13.2 Å². The van der Waals surface area contributed by atoms with Crippen LogP contribution in [0.4, 0.5) is 0 Å². The predicted molar refractivity (Wildman–Crippen MR) is 64.1 cm³/mol. The van der Waals surface area contributed by atoms with E-state index in [0.29, 0.717) is 5.56 Å². The first-order valence-electron chi connectivity index (χ1n) is 6.35. The van der Waals surface area contributed by atoms with Crippen LogP contribution in [-0.4, -0.2) is 52.6 Å². The van der Waals surface area contributed by atoms with Crippen LogP contribution in [-0.2, 0) is 14.3 Å². The number of hydrogen-bond acceptors (Lipinski definition) is 6. The average molecular weight is 269 g/mol. The molecule has 0 aliphatic carbocycles. The van der Waals surface area contributed by atoms with E-state index in [1.54, 1.807) is 30.3 Å². The van der Waals surface area contributed by atoms with Crippen LogP contribution in [0.5, 0.6) is 0 Å². The fourth-order valence-corrected chi connectivity index (χ4v) is 1.79. The molecule has 6 nitrogen and oxygen atoms in total. The Kier molecular flexibility index (Phi) is 4.16. The highest BCUT2D eigenvalue weighted by Gasteiger charge is 2.39. The number of aliphatic hydroxyl groups is 3. The molecule has 3 N–H and O–H groups in total. The Bertz CT molecular complexity index is 455. The molecular formula is C13H16O6. The highest BCUT2D eigenvalue weighted by molar-refractivity contribution is 5.56. The van der Waals surface area contributed by atoms with E-state index >= 15 is 0 Å². The highest BCUT2D eigenvalue weighted by atomic mass is 16.7. The number of rotatable bonds is 4. The molecule has 1 unspecified atom stereocenters. The Hall–Kier alpha value is -1.31. The zero-order valence-electron chi connectivity index (χ0n) is 11.0. The second kappa shape index (κ2) is 6.23. The smallest absolute Gasteiger partial charge is 0.184 e. The summed E-state index contributed by atoms with van der Waals surface area (Å²) in [6.45, 7) is -0.258. The summed E-state index contributed by atoms with van der Waals surface area (Å²) < 4.78 is 18.6. The normalized spacial score (nSPS) is 35.2. The molecule has 1 saturated heterocycles. The Morgan fingerprint density at radius 1 is 1.37 bits per heavy atom. The van der Waals surface area contributed by atoms with Gasteiger partial charge in [0.05, 0.1) is 7.98 Å². The van der Waals surface area contributed by atoms with E-state index in [-0.39, 0.29) is 12.9 Å². The monoisotopic (exact) mass is 269 g/mol. The topological polar surface area (TPSA) is 96.2 Å². The van der Waals surface area contributed by atoms with Crippen molar-refractivity contribution in [2.45, 2.75) is 30.7 Å². The van der Waals surface area contributed by atoms with Gasteiger partial charge in [-0.05, 0) is 0 Å². The van der Waals surface area contributed by atoms with Gasteiger partial charge in [0.2, 0.25) is 0 Å². The number of hydrogen-bond donors (Lipinski definition) is 3. The van der Waals surface area contributed by atoms with Gasteiger partial charge >= 0.3 is 0 Å². The summed E-state index contributed by atoms with van der Waals surface area (Å²) in [5, 5.41) is 28.9. The van der Waals surface area contributed by atoms with Gasteiger partial charge < -0.3 is 29.6 Å². The summed E-state index contributed by atoms with van der Waals surface area (Å²) >= 11 is 0. The summed E-state index contributed by atoms with van der Waals surface area (Å²) in [4.78, 5) is 10.5. The van der Waals surface area contributed by atoms with Crippen LogP contribution in [0.3, 0.4) is 0 Å². The van der Waals surface area contributed by atoms with Gasteiger partial charge in [-0.3, -0.25) is 0 Å². The summed E-state index contributed by atoms with van der Waals surface area (Å²) in [6, 6.07) is 8.34. The molecule has 0 amide bonds. The van der Waals surface area contributed by atoms with Crippen LogP contribution in [0.2, 0.25) is 0 Å². The zero-order valence-corrected chi connectivity index (χ0v) is 10.0. The Morgan fingerprint density at radius 2 is 2.05 bits per heavy atom. The molecule has 104 valence electrons. The van der Waals surface area contributed by atoms with Crippen LogP contribution in [0.25, 0.3) is 0 Å². The zero-order chi connectivity index (χ0) is 14.8. The van der Waals surface area contributed by atoms with Crippen LogP contribution in [0, 0.1) is 0 Å². The highest BCUT2D eigenvalue weighted by Crippen LogP contribution is 2.28. The van der Waals surface area contributed by atoms with E-state index in [1.165, 1.54) is 0 Å². The van der Waals surface area contributed by atoms with Crippen molar-refractivity contribution < 1.29 is 31.0 Å². The van der Waals surface area contributed by atoms with Gasteiger partial charge in [0.1, 0.15) is 24.4 Å². The maximum Gasteiger partial charge on any atom is 0.184 e. The van der Waals surface area contributed by atoms with Crippen molar-refractivity contribution in [3.63, 3.8) is 0 Å². The molecule has 5 atom stereocenters. The molecule has 1 aliphatic heterocycles. The fraction of sp³-hybridized carbons (Fsp3) is 0.462. The van der Waals surface area contributed by atoms with Crippen LogP contribution >= 0.6 is 0 Å². The second-order valence-corrected chi connectivity index (χ2v) is 4.23. The van der Waals surface area contributed by atoms with E-state index in [4.69, 9.17) is 10.8 Å². The minimum Gasteiger partial charge on any atom is -0.388 e. The number of carbonyl (C=O) groups is 1. The van der Waals surface area contributed by atoms with Crippen molar-refractivity contribution in [1.82, 2.24) is 0 Å². The molecule has 0 saturated carbocycles. The van der Waals surface area contributed by atoms with Crippen molar-refractivity contribution in [2.75, 3.05) is 6.61 Å². The third-order valence-electron chi connectivity index (χ3n) is 2.84. The minimum absolute atomic E-state index is 0.143. The largest absolute Gasteiger partial charge is 0.388 e. The number of aldehydes is 1. The van der Waals surface area contributed by atoms with Crippen LogP contribution in [0.15, 0.2) is 30.3 Å². The van der Waals surface area contributed by atoms with E-state index in [0.717, 1.165) is 0 Å². The molecular weight excluding hydrogens is 252 g/mol. The Labute approximate surface area is 111 Å². The quantitative estimate of drug-likeness (QED) is 0.631. The van der Waals surface area contributed by atoms with Crippen LogP contribution < -0.4 is 0 Å². The average Bonchev–Trinajstić information content (AvgIpc) is 2.49. The SMILES string of the molecule is [2H]C1(c2ccccc2)OC[C@@H](O)[C@H]([C@H](O)[C@@H](O)C=O)O1. The van der Waals surface area contributed by atoms with Crippen molar-refractivity contribution in [1.29, 1.82) is 0 Å².